The van der Waals surface area contributed by atoms with Crippen molar-refractivity contribution < 1.29 is 14.3 Å². The largest absolute Gasteiger partial charge is 0.491 e. The molecular formula is C23H29N9O3. The number of aliphatic imine (C=N–C) groups is 2. The molecule has 4 heterocycles. The van der Waals surface area contributed by atoms with Crippen LogP contribution in [0.5, 0.6) is 11.5 Å². The van der Waals surface area contributed by atoms with E-state index in [-0.39, 0.29) is 17.4 Å². The van der Waals surface area contributed by atoms with Crippen LogP contribution in [0, 0.1) is 0 Å². The lowest BCUT2D eigenvalue weighted by molar-refractivity contribution is 0.0973. The molecule has 0 aliphatic carbocycles. The van der Waals surface area contributed by atoms with Crippen molar-refractivity contribution in [3.05, 3.63) is 35.7 Å². The number of hydrogen-bond donors (Lipinski definition) is 3. The number of fused-ring (bicyclic) bond motifs is 3. The number of nitrogens with one attached hydrogen (secondary N) is 2. The molecule has 0 unspecified atom stereocenters. The van der Waals surface area contributed by atoms with E-state index in [1.807, 2.05) is 17.0 Å². The summed E-state index contributed by atoms with van der Waals surface area (Å²) >= 11 is 0. The molecule has 0 bridgehead atoms. The molecule has 0 radical (unpaired) electrons. The summed E-state index contributed by atoms with van der Waals surface area (Å²) in [4.78, 5) is 34.5. The Morgan fingerprint density at radius 1 is 1.20 bits per heavy atom. The summed E-state index contributed by atoms with van der Waals surface area (Å²) < 4.78 is 11.8. The highest BCUT2D eigenvalue weighted by atomic mass is 16.5. The lowest BCUT2D eigenvalue weighted by Crippen LogP contribution is -2.51. The van der Waals surface area contributed by atoms with Gasteiger partial charge in [-0.3, -0.25) is 24.9 Å². The van der Waals surface area contributed by atoms with Gasteiger partial charge in [-0.25, -0.2) is 15.0 Å². The second-order valence-corrected chi connectivity index (χ2v) is 8.36. The highest BCUT2D eigenvalue weighted by Crippen LogP contribution is 2.43. The molecule has 2 aromatic rings. The predicted molar refractivity (Wildman–Crippen MR) is 132 cm³/mol. The average molecular weight is 480 g/mol. The number of carbonyl (C=O) groups excluding carboxylic acids is 1. The zero-order valence-electron chi connectivity index (χ0n) is 19.7. The Morgan fingerprint density at radius 2 is 2.00 bits per heavy atom. The summed E-state index contributed by atoms with van der Waals surface area (Å²) in [6, 6.07) is 3.85. The van der Waals surface area contributed by atoms with Gasteiger partial charge in [0.05, 0.1) is 12.7 Å². The highest BCUT2D eigenvalue weighted by Gasteiger charge is 2.32. The minimum atomic E-state index is -0.389. The van der Waals surface area contributed by atoms with Crippen molar-refractivity contribution in [2.75, 3.05) is 65.3 Å². The first kappa shape index (κ1) is 23.0. The molecule has 12 heteroatoms. The Morgan fingerprint density at radius 3 is 2.77 bits per heavy atom. The van der Waals surface area contributed by atoms with Gasteiger partial charge in [0.25, 0.3) is 5.91 Å². The minimum Gasteiger partial charge on any atom is -0.491 e. The number of ether oxygens (including phenoxy) is 2. The molecule has 35 heavy (non-hydrogen) atoms. The highest BCUT2D eigenvalue weighted by molar-refractivity contribution is 6.19. The topological polar surface area (TPSA) is 143 Å². The summed E-state index contributed by atoms with van der Waals surface area (Å²) in [5, 5.41) is 6.23. The molecule has 1 aromatic heterocycles. The molecule has 3 aliphatic heterocycles. The van der Waals surface area contributed by atoms with Gasteiger partial charge in [0.2, 0.25) is 11.9 Å². The normalized spacial score (nSPS) is 17.6. The fourth-order valence-corrected chi connectivity index (χ4v) is 4.31. The molecule has 1 saturated heterocycles. The predicted octanol–water partition coefficient (Wildman–Crippen LogP) is 0.235. The zero-order valence-corrected chi connectivity index (χ0v) is 19.7. The molecule has 5 rings (SSSR count). The van der Waals surface area contributed by atoms with E-state index in [9.17, 15) is 4.79 Å². The average Bonchev–Trinajstić information content (AvgIpc) is 2.89. The second-order valence-electron chi connectivity index (χ2n) is 8.36. The van der Waals surface area contributed by atoms with Crippen LogP contribution >= 0.6 is 0 Å². The quantitative estimate of drug-likeness (QED) is 0.531. The minimum absolute atomic E-state index is 0.102. The van der Waals surface area contributed by atoms with E-state index in [1.54, 1.807) is 7.11 Å². The Kier molecular flexibility index (Phi) is 6.73. The maximum atomic E-state index is 12.9. The maximum absolute atomic E-state index is 12.9. The van der Waals surface area contributed by atoms with Crippen LogP contribution in [0.4, 0.5) is 11.6 Å². The van der Waals surface area contributed by atoms with Gasteiger partial charge in [-0.1, -0.05) is 0 Å². The van der Waals surface area contributed by atoms with Crippen LogP contribution in [0.2, 0.25) is 0 Å². The number of aromatic nitrogens is 2. The molecule has 0 atom stereocenters. The summed E-state index contributed by atoms with van der Waals surface area (Å²) in [6.45, 7) is 6.74. The Labute approximate surface area is 203 Å². The van der Waals surface area contributed by atoms with Crippen molar-refractivity contribution >= 4 is 29.3 Å². The molecule has 1 aromatic carbocycles. The first-order valence-electron chi connectivity index (χ1n) is 11.7. The number of anilines is 1. The van der Waals surface area contributed by atoms with Crippen LogP contribution in [0.15, 0.2) is 34.5 Å². The van der Waals surface area contributed by atoms with Crippen LogP contribution in [0.3, 0.4) is 0 Å². The van der Waals surface area contributed by atoms with Gasteiger partial charge in [-0.05, 0) is 18.6 Å². The van der Waals surface area contributed by atoms with Crippen molar-refractivity contribution in [1.82, 2.24) is 30.4 Å². The van der Waals surface area contributed by atoms with E-state index in [4.69, 9.17) is 25.2 Å². The van der Waals surface area contributed by atoms with Crippen LogP contribution in [-0.2, 0) is 0 Å². The van der Waals surface area contributed by atoms with E-state index < -0.39 is 0 Å². The SMILES string of the molecule is COc1c(OCCN2CCNCC2)ccc2c1N=C(NC(=O)c1cnc(N)nc1)N1CCCN=C21. The van der Waals surface area contributed by atoms with Gasteiger partial charge in [-0.2, -0.15) is 0 Å². The summed E-state index contributed by atoms with van der Waals surface area (Å²) in [7, 11) is 1.59. The van der Waals surface area contributed by atoms with Gasteiger partial charge in [0, 0.05) is 63.8 Å². The third kappa shape index (κ3) is 4.88. The molecule has 12 nitrogen and oxygen atoms in total. The van der Waals surface area contributed by atoms with Crippen LogP contribution < -0.4 is 25.8 Å². The molecule has 1 fully saturated rings. The van der Waals surface area contributed by atoms with Gasteiger partial charge < -0.3 is 20.5 Å². The number of amides is 1. The smallest absolute Gasteiger partial charge is 0.261 e. The first-order chi connectivity index (χ1) is 17.1. The van der Waals surface area contributed by atoms with Crippen LogP contribution in [-0.4, -0.2) is 97.0 Å². The lowest BCUT2D eigenvalue weighted by atomic mass is 10.1. The fraction of sp³-hybridized carbons (Fsp3) is 0.435. The van der Waals surface area contributed by atoms with E-state index in [1.165, 1.54) is 12.4 Å². The van der Waals surface area contributed by atoms with Crippen LogP contribution in [0.1, 0.15) is 22.3 Å². The number of nitrogens with zero attached hydrogens (tertiary/aromatic N) is 6. The number of methoxy groups -OCH3 is 1. The monoisotopic (exact) mass is 479 g/mol. The van der Waals surface area contributed by atoms with Gasteiger partial charge >= 0.3 is 0 Å². The summed E-state index contributed by atoms with van der Waals surface area (Å²) in [6.07, 6.45) is 3.61. The Hall–Kier alpha value is -3.77. The van der Waals surface area contributed by atoms with Crippen LogP contribution in [0.25, 0.3) is 0 Å². The van der Waals surface area contributed by atoms with E-state index in [0.29, 0.717) is 42.8 Å². The number of rotatable bonds is 6. The Bertz CT molecular complexity index is 1140. The first-order valence-corrected chi connectivity index (χ1v) is 11.7. The standard InChI is InChI=1S/C23H29N9O3/c1-34-19-17(35-12-11-31-9-6-25-7-10-31)4-3-16-18(19)29-23(32-8-2-5-26-20(16)32)30-21(33)15-13-27-22(24)28-14-15/h3-4,13-14,25H,2,5-12H2,1H3,(H2,24,27,28)(H,29,30,33). The van der Waals surface area contributed by atoms with Crippen molar-refractivity contribution in [2.45, 2.75) is 6.42 Å². The molecule has 0 spiro atoms. The second kappa shape index (κ2) is 10.2. The fourth-order valence-electron chi connectivity index (χ4n) is 4.31. The number of benzene rings is 1. The van der Waals surface area contributed by atoms with Gasteiger partial charge in [0.1, 0.15) is 18.1 Å². The molecule has 1 amide bonds. The molecule has 4 N–H and O–H groups in total. The number of amidine groups is 1. The van der Waals surface area contributed by atoms with Crippen molar-refractivity contribution in [1.29, 1.82) is 0 Å². The summed E-state index contributed by atoms with van der Waals surface area (Å²) in [5.74, 6) is 1.94. The summed E-state index contributed by atoms with van der Waals surface area (Å²) in [5.41, 5.74) is 7.23. The Balaban J connectivity index is 1.42. The number of nitrogens with two attached hydrogens (primary N) is 1. The third-order valence-corrected chi connectivity index (χ3v) is 6.10. The van der Waals surface area contributed by atoms with Gasteiger partial charge in [-0.15, -0.1) is 0 Å². The third-order valence-electron chi connectivity index (χ3n) is 6.10. The van der Waals surface area contributed by atoms with Gasteiger partial charge in [0.15, 0.2) is 11.5 Å². The molecule has 184 valence electrons. The van der Waals surface area contributed by atoms with Crippen molar-refractivity contribution in [3.8, 4) is 11.5 Å². The number of carbonyl (C=O) groups is 1. The number of hydrogen-bond acceptors (Lipinski definition) is 11. The van der Waals surface area contributed by atoms with E-state index in [0.717, 1.165) is 50.5 Å². The molecule has 0 saturated carbocycles. The van der Waals surface area contributed by atoms with E-state index >= 15 is 0 Å². The number of guanidine groups is 1. The number of piperazine rings is 1. The molecular weight excluding hydrogens is 450 g/mol. The maximum Gasteiger partial charge on any atom is 0.261 e. The molecule has 3 aliphatic rings. The van der Waals surface area contributed by atoms with Crippen molar-refractivity contribution in [3.63, 3.8) is 0 Å². The number of nitrogen functional groups attached to an aromatic ring is 1. The lowest BCUT2D eigenvalue weighted by Gasteiger charge is -2.34. The zero-order chi connectivity index (χ0) is 24.2. The van der Waals surface area contributed by atoms with Crippen molar-refractivity contribution in [2.24, 2.45) is 9.98 Å². The van der Waals surface area contributed by atoms with E-state index in [2.05, 4.69) is 25.5 Å².